The highest BCUT2D eigenvalue weighted by atomic mass is 79.9. The number of aryl methyl sites for hydroxylation is 1. The summed E-state index contributed by atoms with van der Waals surface area (Å²) in [6.07, 6.45) is 5.70. The van der Waals surface area contributed by atoms with Crippen LogP contribution < -0.4 is 4.90 Å². The van der Waals surface area contributed by atoms with E-state index in [1.165, 1.54) is 30.7 Å². The molecule has 0 amide bonds. The minimum absolute atomic E-state index is 0. The van der Waals surface area contributed by atoms with Crippen LogP contribution in [0.1, 0.15) is 43.7 Å². The van der Waals surface area contributed by atoms with Crippen LogP contribution in [0.5, 0.6) is 0 Å². The first-order chi connectivity index (χ1) is 12.6. The van der Waals surface area contributed by atoms with Crippen LogP contribution in [0.2, 0.25) is 0 Å². The number of aliphatic hydroxyl groups is 1. The summed E-state index contributed by atoms with van der Waals surface area (Å²) in [6.45, 7) is 3.82. The lowest BCUT2D eigenvalue weighted by Crippen LogP contribution is -2.47. The molecule has 144 valence electrons. The topological polar surface area (TPSA) is 26.5 Å². The summed E-state index contributed by atoms with van der Waals surface area (Å²) in [4.78, 5) is 2.18. The fourth-order valence-electron chi connectivity index (χ4n) is 4.20. The van der Waals surface area contributed by atoms with Crippen molar-refractivity contribution in [1.29, 1.82) is 0 Å². The highest BCUT2D eigenvalue weighted by molar-refractivity contribution is 9.10. The van der Waals surface area contributed by atoms with Crippen molar-refractivity contribution in [3.05, 3.63) is 64.1 Å². The second-order valence-electron chi connectivity index (χ2n) is 7.33. The summed E-state index contributed by atoms with van der Waals surface area (Å²) in [5, 5.41) is 11.9. The van der Waals surface area contributed by atoms with Gasteiger partial charge in [0, 0.05) is 16.5 Å². The molecular weight excluding hydrogens is 468 g/mol. The van der Waals surface area contributed by atoms with Gasteiger partial charge in [-0.3, -0.25) is 4.58 Å². The lowest BCUT2D eigenvalue weighted by molar-refractivity contribution is -0.534. The van der Waals surface area contributed by atoms with Crippen molar-refractivity contribution in [2.24, 2.45) is 0 Å². The molecule has 2 heterocycles. The zero-order valence-corrected chi connectivity index (χ0v) is 19.0. The standard InChI is InChI=1S/C22H26BrN2O.BrH/c1-2-17-7-13-20(14-8-17)25-21-6-4-3-5-15-24(21)16-22(25,26)18-9-11-19(23)12-10-18;/h7-14,26H,2-6,15-16H2,1H3;1H/q+1;. The fraction of sp³-hybridized carbons (Fsp3) is 0.409. The van der Waals surface area contributed by atoms with Crippen molar-refractivity contribution >= 4 is 44.4 Å². The molecular formula is C22H27Br2N2O+. The van der Waals surface area contributed by atoms with Crippen molar-refractivity contribution in [2.45, 2.75) is 44.8 Å². The van der Waals surface area contributed by atoms with Crippen molar-refractivity contribution in [1.82, 2.24) is 0 Å². The Bertz CT molecular complexity index is 817. The molecule has 2 aromatic rings. The largest absolute Gasteiger partial charge is 0.346 e. The second-order valence-corrected chi connectivity index (χ2v) is 8.24. The van der Waals surface area contributed by atoms with E-state index in [1.807, 2.05) is 24.3 Å². The van der Waals surface area contributed by atoms with Crippen LogP contribution in [0, 0.1) is 0 Å². The first kappa shape index (κ1) is 20.6. The summed E-state index contributed by atoms with van der Waals surface area (Å²) < 4.78 is 3.42. The van der Waals surface area contributed by atoms with E-state index < -0.39 is 5.72 Å². The van der Waals surface area contributed by atoms with Gasteiger partial charge >= 0.3 is 0 Å². The number of amidine groups is 1. The van der Waals surface area contributed by atoms with Gasteiger partial charge in [0.2, 0.25) is 0 Å². The van der Waals surface area contributed by atoms with Crippen molar-refractivity contribution in [3.8, 4) is 0 Å². The molecule has 0 saturated heterocycles. The van der Waals surface area contributed by atoms with Gasteiger partial charge in [-0.15, -0.1) is 17.0 Å². The summed E-state index contributed by atoms with van der Waals surface area (Å²) in [7, 11) is 0. The molecule has 1 unspecified atom stereocenters. The van der Waals surface area contributed by atoms with Gasteiger partial charge in [0.25, 0.3) is 11.6 Å². The SMILES string of the molecule is Br.CCc1ccc(N2C3=[N+](CCCCC3)CC2(O)c2ccc(Br)cc2)cc1. The van der Waals surface area contributed by atoms with Gasteiger partial charge in [-0.25, -0.2) is 0 Å². The van der Waals surface area contributed by atoms with Crippen molar-refractivity contribution < 1.29 is 9.68 Å². The quantitative estimate of drug-likeness (QED) is 0.590. The molecule has 3 nitrogen and oxygen atoms in total. The van der Waals surface area contributed by atoms with E-state index in [1.54, 1.807) is 0 Å². The van der Waals surface area contributed by atoms with Gasteiger partial charge in [0.1, 0.15) is 5.69 Å². The summed E-state index contributed by atoms with van der Waals surface area (Å²) in [5.74, 6) is 1.26. The van der Waals surface area contributed by atoms with Gasteiger partial charge in [-0.2, -0.15) is 4.90 Å². The predicted molar refractivity (Wildman–Crippen MR) is 120 cm³/mol. The Hall–Kier alpha value is -1.17. The van der Waals surface area contributed by atoms with Gasteiger partial charge < -0.3 is 5.11 Å². The van der Waals surface area contributed by atoms with Gasteiger partial charge in [0.15, 0.2) is 6.54 Å². The number of nitrogens with zero attached hydrogens (tertiary/aromatic N) is 2. The van der Waals surface area contributed by atoms with Crippen LogP contribution in [-0.4, -0.2) is 28.6 Å². The van der Waals surface area contributed by atoms with Crippen LogP contribution in [0.4, 0.5) is 5.69 Å². The lowest BCUT2D eigenvalue weighted by Gasteiger charge is -2.29. The molecule has 1 atom stereocenters. The third kappa shape index (κ3) is 3.87. The van der Waals surface area contributed by atoms with Gasteiger partial charge in [-0.1, -0.05) is 47.1 Å². The van der Waals surface area contributed by atoms with E-state index in [0.29, 0.717) is 6.54 Å². The van der Waals surface area contributed by atoms with E-state index in [0.717, 1.165) is 35.1 Å². The molecule has 0 aromatic heterocycles. The van der Waals surface area contributed by atoms with E-state index in [4.69, 9.17) is 0 Å². The molecule has 0 bridgehead atoms. The third-order valence-corrected chi connectivity index (χ3v) is 6.17. The molecule has 27 heavy (non-hydrogen) atoms. The highest BCUT2D eigenvalue weighted by Gasteiger charge is 2.53. The second kappa shape index (κ2) is 8.46. The average molecular weight is 495 g/mol. The molecule has 0 aliphatic carbocycles. The molecule has 2 aliphatic heterocycles. The minimum Gasteiger partial charge on any atom is -0.346 e. The smallest absolute Gasteiger partial charge is 0.275 e. The lowest BCUT2D eigenvalue weighted by atomic mass is 9.99. The number of hydrogen-bond donors (Lipinski definition) is 1. The first-order valence-corrected chi connectivity index (χ1v) is 10.4. The Morgan fingerprint density at radius 3 is 2.41 bits per heavy atom. The Balaban J connectivity index is 0.00000210. The maximum absolute atomic E-state index is 11.9. The summed E-state index contributed by atoms with van der Waals surface area (Å²) in [5.41, 5.74) is 2.32. The number of anilines is 1. The van der Waals surface area contributed by atoms with Crippen molar-refractivity contribution in [3.63, 3.8) is 0 Å². The molecule has 4 rings (SSSR count). The molecule has 0 saturated carbocycles. The molecule has 0 spiro atoms. The minimum atomic E-state index is -1.03. The van der Waals surface area contributed by atoms with Crippen LogP contribution in [-0.2, 0) is 12.1 Å². The zero-order chi connectivity index (χ0) is 18.1. The maximum Gasteiger partial charge on any atom is 0.275 e. The van der Waals surface area contributed by atoms with E-state index in [-0.39, 0.29) is 17.0 Å². The number of halogens is 2. The summed E-state index contributed by atoms with van der Waals surface area (Å²) >= 11 is 3.51. The maximum atomic E-state index is 11.9. The average Bonchev–Trinajstić information content (AvgIpc) is 2.79. The van der Waals surface area contributed by atoms with Gasteiger partial charge in [-0.05, 0) is 55.5 Å². The van der Waals surface area contributed by atoms with Crippen LogP contribution in [0.15, 0.2) is 53.0 Å². The highest BCUT2D eigenvalue weighted by Crippen LogP contribution is 2.38. The Morgan fingerprint density at radius 2 is 1.74 bits per heavy atom. The molecule has 0 fully saturated rings. The van der Waals surface area contributed by atoms with E-state index >= 15 is 0 Å². The van der Waals surface area contributed by atoms with Crippen molar-refractivity contribution in [2.75, 3.05) is 18.0 Å². The molecule has 2 aliphatic rings. The Kier molecular flexibility index (Phi) is 6.44. The molecule has 5 heteroatoms. The third-order valence-electron chi connectivity index (χ3n) is 5.64. The first-order valence-electron chi connectivity index (χ1n) is 9.60. The molecule has 2 aromatic carbocycles. The monoisotopic (exact) mass is 493 g/mol. The van der Waals surface area contributed by atoms with Crippen LogP contribution >= 0.6 is 32.9 Å². The normalized spacial score (nSPS) is 22.3. The van der Waals surface area contributed by atoms with Crippen LogP contribution in [0.3, 0.4) is 0 Å². The number of hydrogen-bond acceptors (Lipinski definition) is 2. The van der Waals surface area contributed by atoms with Gasteiger partial charge in [0.05, 0.1) is 6.54 Å². The number of benzene rings is 2. The van der Waals surface area contributed by atoms with Crippen LogP contribution in [0.25, 0.3) is 0 Å². The fourth-order valence-corrected chi connectivity index (χ4v) is 4.47. The van der Waals surface area contributed by atoms with E-state index in [9.17, 15) is 5.11 Å². The predicted octanol–water partition coefficient (Wildman–Crippen LogP) is 5.24. The Morgan fingerprint density at radius 1 is 1.04 bits per heavy atom. The van der Waals surface area contributed by atoms with E-state index in [2.05, 4.69) is 56.6 Å². The number of rotatable bonds is 3. The molecule has 0 radical (unpaired) electrons. The summed E-state index contributed by atoms with van der Waals surface area (Å²) in [6, 6.07) is 16.8. The molecule has 1 N–H and O–H groups in total. The zero-order valence-electron chi connectivity index (χ0n) is 15.7. The Labute approximate surface area is 180 Å².